The van der Waals surface area contributed by atoms with Crippen molar-refractivity contribution in [1.29, 1.82) is 0 Å². The van der Waals surface area contributed by atoms with Gasteiger partial charge in [0.05, 0.1) is 5.56 Å². The highest BCUT2D eigenvalue weighted by molar-refractivity contribution is 9.10. The number of aromatic nitrogens is 2. The molecule has 106 valence electrons. The minimum Gasteiger partial charge on any atom is -0.398 e. The van der Waals surface area contributed by atoms with Crippen LogP contribution in [0, 0.1) is 12.7 Å². The molecule has 0 aliphatic heterocycles. The summed E-state index contributed by atoms with van der Waals surface area (Å²) in [6, 6.07) is 9.99. The van der Waals surface area contributed by atoms with Crippen LogP contribution >= 0.6 is 15.9 Å². The van der Waals surface area contributed by atoms with Gasteiger partial charge in [-0.25, -0.2) is 4.39 Å². The summed E-state index contributed by atoms with van der Waals surface area (Å²) in [6.07, 6.45) is 0. The highest BCUT2D eigenvalue weighted by atomic mass is 79.9. The molecule has 0 fully saturated rings. The van der Waals surface area contributed by atoms with E-state index in [2.05, 4.69) is 26.1 Å². The molecule has 0 bridgehead atoms. The van der Waals surface area contributed by atoms with Gasteiger partial charge in [0.25, 0.3) is 5.89 Å². The van der Waals surface area contributed by atoms with Crippen LogP contribution < -0.4 is 5.73 Å². The first-order valence-corrected chi connectivity index (χ1v) is 6.99. The minimum absolute atomic E-state index is 0.311. The maximum atomic E-state index is 13.4. The molecule has 0 aliphatic rings. The van der Waals surface area contributed by atoms with Gasteiger partial charge in [0.1, 0.15) is 5.82 Å². The average Bonchev–Trinajstić information content (AvgIpc) is 2.90. The monoisotopic (exact) mass is 347 g/mol. The lowest BCUT2D eigenvalue weighted by molar-refractivity contribution is 0.432. The normalized spacial score (nSPS) is 10.8. The summed E-state index contributed by atoms with van der Waals surface area (Å²) in [6.45, 7) is 1.95. The fraction of sp³-hybridized carbons (Fsp3) is 0.0667. The Kier molecular flexibility index (Phi) is 3.47. The Labute approximate surface area is 128 Å². The number of anilines is 1. The van der Waals surface area contributed by atoms with Crippen molar-refractivity contribution in [2.75, 3.05) is 5.73 Å². The molecule has 21 heavy (non-hydrogen) atoms. The Hall–Kier alpha value is -2.21. The summed E-state index contributed by atoms with van der Waals surface area (Å²) in [4.78, 5) is 4.29. The summed E-state index contributed by atoms with van der Waals surface area (Å²) >= 11 is 3.24. The first-order chi connectivity index (χ1) is 10.0. The third-order valence-corrected chi connectivity index (χ3v) is 3.44. The number of aryl methyl sites for hydroxylation is 1. The lowest BCUT2D eigenvalue weighted by Gasteiger charge is -2.01. The topological polar surface area (TPSA) is 64.9 Å². The van der Waals surface area contributed by atoms with Crippen LogP contribution in [0.4, 0.5) is 10.1 Å². The van der Waals surface area contributed by atoms with E-state index in [0.29, 0.717) is 33.0 Å². The highest BCUT2D eigenvalue weighted by Gasteiger charge is 2.14. The van der Waals surface area contributed by atoms with Crippen LogP contribution in [0.25, 0.3) is 22.8 Å². The Morgan fingerprint density at radius 1 is 1.19 bits per heavy atom. The Morgan fingerprint density at radius 3 is 2.76 bits per heavy atom. The van der Waals surface area contributed by atoms with Crippen molar-refractivity contribution >= 4 is 21.6 Å². The molecule has 0 radical (unpaired) electrons. The van der Waals surface area contributed by atoms with Crippen molar-refractivity contribution in [1.82, 2.24) is 10.1 Å². The van der Waals surface area contributed by atoms with E-state index in [4.69, 9.17) is 10.3 Å². The van der Waals surface area contributed by atoms with Gasteiger partial charge in [-0.05, 0) is 37.3 Å². The van der Waals surface area contributed by atoms with Crippen molar-refractivity contribution in [3.63, 3.8) is 0 Å². The van der Waals surface area contributed by atoms with Crippen LogP contribution in [0.2, 0.25) is 0 Å². The SMILES string of the molecule is Cc1ccc(N)c(-c2nc(-c3cc(F)cc(Br)c3)no2)c1. The number of nitrogens with two attached hydrogens (primary N) is 1. The van der Waals surface area contributed by atoms with Crippen molar-refractivity contribution in [3.8, 4) is 22.8 Å². The summed E-state index contributed by atoms with van der Waals surface area (Å²) < 4.78 is 19.3. The zero-order valence-corrected chi connectivity index (χ0v) is 12.7. The van der Waals surface area contributed by atoms with Crippen molar-refractivity contribution in [3.05, 3.63) is 52.3 Å². The van der Waals surface area contributed by atoms with Crippen LogP contribution in [0.3, 0.4) is 0 Å². The molecule has 0 atom stereocenters. The van der Waals surface area contributed by atoms with Gasteiger partial charge in [-0.15, -0.1) is 0 Å². The van der Waals surface area contributed by atoms with Gasteiger partial charge in [-0.1, -0.05) is 32.7 Å². The molecular weight excluding hydrogens is 337 g/mol. The second-order valence-corrected chi connectivity index (χ2v) is 5.59. The summed E-state index contributed by atoms with van der Waals surface area (Å²) in [7, 11) is 0. The molecule has 4 nitrogen and oxygen atoms in total. The van der Waals surface area contributed by atoms with E-state index in [1.807, 2.05) is 19.1 Å². The smallest absolute Gasteiger partial charge is 0.260 e. The molecule has 3 rings (SSSR count). The fourth-order valence-electron chi connectivity index (χ4n) is 1.99. The number of hydrogen-bond donors (Lipinski definition) is 1. The van der Waals surface area contributed by atoms with Crippen LogP contribution in [-0.4, -0.2) is 10.1 Å². The van der Waals surface area contributed by atoms with E-state index < -0.39 is 0 Å². The van der Waals surface area contributed by atoms with Crippen LogP contribution in [0.15, 0.2) is 45.4 Å². The Morgan fingerprint density at radius 2 is 2.00 bits per heavy atom. The summed E-state index contributed by atoms with van der Waals surface area (Å²) in [5.41, 5.74) is 8.71. The molecule has 3 aromatic rings. The number of rotatable bonds is 2. The van der Waals surface area contributed by atoms with Crippen LogP contribution in [0.1, 0.15) is 5.56 Å². The molecule has 2 N–H and O–H groups in total. The van der Waals surface area contributed by atoms with Gasteiger partial charge in [-0.2, -0.15) is 4.98 Å². The number of halogens is 2. The highest BCUT2D eigenvalue weighted by Crippen LogP contribution is 2.28. The lowest BCUT2D eigenvalue weighted by atomic mass is 10.1. The van der Waals surface area contributed by atoms with E-state index >= 15 is 0 Å². The average molecular weight is 348 g/mol. The Balaban J connectivity index is 2.05. The third-order valence-electron chi connectivity index (χ3n) is 2.99. The first kappa shape index (κ1) is 13.8. The lowest BCUT2D eigenvalue weighted by Crippen LogP contribution is -1.91. The second-order valence-electron chi connectivity index (χ2n) is 4.67. The minimum atomic E-state index is -0.374. The molecule has 6 heteroatoms. The standard InChI is InChI=1S/C15H11BrFN3O/c1-8-2-3-13(18)12(4-8)15-19-14(20-21-15)9-5-10(16)7-11(17)6-9/h2-7H,18H2,1H3. The van der Waals surface area contributed by atoms with Gasteiger partial charge in [-0.3, -0.25) is 0 Å². The largest absolute Gasteiger partial charge is 0.398 e. The van der Waals surface area contributed by atoms with Gasteiger partial charge in [0, 0.05) is 15.7 Å². The molecule has 0 unspecified atom stereocenters. The predicted octanol–water partition coefficient (Wildman–Crippen LogP) is 4.20. The van der Waals surface area contributed by atoms with Gasteiger partial charge in [0.15, 0.2) is 0 Å². The molecule has 1 heterocycles. The molecular formula is C15H11BrFN3O. The van der Waals surface area contributed by atoms with Crippen molar-refractivity contribution in [2.45, 2.75) is 6.92 Å². The van der Waals surface area contributed by atoms with E-state index in [0.717, 1.165) is 5.56 Å². The third kappa shape index (κ3) is 2.80. The summed E-state index contributed by atoms with van der Waals surface area (Å²) in [5.74, 6) is 0.249. The number of nitrogens with zero attached hydrogens (tertiary/aromatic N) is 2. The number of benzene rings is 2. The summed E-state index contributed by atoms with van der Waals surface area (Å²) in [5, 5.41) is 3.89. The zero-order chi connectivity index (χ0) is 15.0. The van der Waals surface area contributed by atoms with E-state index in [1.54, 1.807) is 12.1 Å². The van der Waals surface area contributed by atoms with Crippen LogP contribution in [-0.2, 0) is 0 Å². The molecule has 0 saturated heterocycles. The predicted molar refractivity (Wildman–Crippen MR) is 82.0 cm³/mol. The van der Waals surface area contributed by atoms with Gasteiger partial charge < -0.3 is 10.3 Å². The van der Waals surface area contributed by atoms with Crippen molar-refractivity contribution < 1.29 is 8.91 Å². The molecule has 0 saturated carbocycles. The zero-order valence-electron chi connectivity index (χ0n) is 11.1. The quantitative estimate of drug-likeness (QED) is 0.705. The second kappa shape index (κ2) is 5.29. The van der Waals surface area contributed by atoms with E-state index in [-0.39, 0.29) is 5.82 Å². The molecule has 0 spiro atoms. The number of hydrogen-bond acceptors (Lipinski definition) is 4. The molecule has 1 aromatic heterocycles. The van der Waals surface area contributed by atoms with Gasteiger partial charge in [0.2, 0.25) is 5.82 Å². The maximum absolute atomic E-state index is 13.4. The van der Waals surface area contributed by atoms with Crippen LogP contribution in [0.5, 0.6) is 0 Å². The molecule has 0 aliphatic carbocycles. The molecule has 2 aromatic carbocycles. The van der Waals surface area contributed by atoms with Crippen molar-refractivity contribution in [2.24, 2.45) is 0 Å². The number of nitrogen functional groups attached to an aromatic ring is 1. The van der Waals surface area contributed by atoms with E-state index in [9.17, 15) is 4.39 Å². The van der Waals surface area contributed by atoms with E-state index in [1.165, 1.54) is 12.1 Å². The Bertz CT molecular complexity index is 796. The molecule has 0 amide bonds. The first-order valence-electron chi connectivity index (χ1n) is 6.19. The maximum Gasteiger partial charge on any atom is 0.260 e. The fourth-order valence-corrected chi connectivity index (χ4v) is 2.45. The van der Waals surface area contributed by atoms with Gasteiger partial charge >= 0.3 is 0 Å².